The van der Waals surface area contributed by atoms with Gasteiger partial charge in [0.1, 0.15) is 5.75 Å². The molecule has 2 aromatic carbocycles. The van der Waals surface area contributed by atoms with Crippen LogP contribution in [0.25, 0.3) is 11.1 Å². The largest absolute Gasteiger partial charge is 0.369 e. The fourth-order valence-electron chi connectivity index (χ4n) is 2.17. The predicted octanol–water partition coefficient (Wildman–Crippen LogP) is 2.40. The highest BCUT2D eigenvalue weighted by atomic mass is 32.2. The monoisotopic (exact) mass is 287 g/mol. The minimum Gasteiger partial charge on any atom is -0.369 e. The lowest BCUT2D eigenvalue weighted by Crippen LogP contribution is -2.20. The molecule has 104 valence electrons. The van der Waals surface area contributed by atoms with E-state index in [-0.39, 0.29) is 5.75 Å². The molecule has 0 radical (unpaired) electrons. The molecule has 2 aromatic rings. The molecule has 0 saturated carbocycles. The zero-order valence-electron chi connectivity index (χ0n) is 11.3. The van der Waals surface area contributed by atoms with E-state index in [0.29, 0.717) is 5.75 Å². The number of rotatable bonds is 5. The predicted molar refractivity (Wildman–Crippen MR) is 82.5 cm³/mol. The molecule has 2 rings (SSSR count). The number of amides is 1. The Balaban J connectivity index is 2.34. The number of hydrogen-bond acceptors (Lipinski definition) is 2. The van der Waals surface area contributed by atoms with Crippen LogP contribution in [-0.4, -0.2) is 15.9 Å². The molecule has 0 spiro atoms. The van der Waals surface area contributed by atoms with Gasteiger partial charge in [-0.15, -0.1) is 0 Å². The van der Waals surface area contributed by atoms with E-state index in [2.05, 4.69) is 0 Å². The molecule has 1 atom stereocenters. The number of hydrogen-bond donors (Lipinski definition) is 1. The summed E-state index contributed by atoms with van der Waals surface area (Å²) in [6.07, 6.45) is 0. The van der Waals surface area contributed by atoms with Crippen LogP contribution in [-0.2, 0) is 21.3 Å². The third-order valence-corrected chi connectivity index (χ3v) is 4.31. The Labute approximate surface area is 121 Å². The maximum absolute atomic E-state index is 11.9. The van der Waals surface area contributed by atoms with Crippen molar-refractivity contribution in [1.82, 2.24) is 0 Å². The second kappa shape index (κ2) is 6.48. The van der Waals surface area contributed by atoms with Crippen molar-refractivity contribution in [2.75, 3.05) is 5.75 Å². The van der Waals surface area contributed by atoms with Gasteiger partial charge in [0.25, 0.3) is 0 Å². The van der Waals surface area contributed by atoms with E-state index in [1.54, 1.807) is 0 Å². The molecular formula is C16H17NO2S. The van der Waals surface area contributed by atoms with Crippen molar-refractivity contribution in [3.63, 3.8) is 0 Å². The van der Waals surface area contributed by atoms with Crippen molar-refractivity contribution < 1.29 is 9.00 Å². The topological polar surface area (TPSA) is 60.2 Å². The van der Waals surface area contributed by atoms with Crippen LogP contribution in [0.3, 0.4) is 0 Å². The molecule has 1 amide bonds. The van der Waals surface area contributed by atoms with Crippen molar-refractivity contribution in [3.05, 3.63) is 59.7 Å². The highest BCUT2D eigenvalue weighted by Gasteiger charge is 2.11. The van der Waals surface area contributed by atoms with Crippen LogP contribution >= 0.6 is 0 Å². The van der Waals surface area contributed by atoms with Crippen molar-refractivity contribution >= 4 is 16.7 Å². The quantitative estimate of drug-likeness (QED) is 0.918. The molecule has 0 bridgehead atoms. The zero-order valence-corrected chi connectivity index (χ0v) is 12.2. The highest BCUT2D eigenvalue weighted by Crippen LogP contribution is 2.27. The van der Waals surface area contributed by atoms with Crippen LogP contribution in [0.5, 0.6) is 0 Å². The second-order valence-corrected chi connectivity index (χ2v) is 6.12. The smallest absolute Gasteiger partial charge is 0.230 e. The van der Waals surface area contributed by atoms with Gasteiger partial charge >= 0.3 is 0 Å². The fraction of sp³-hybridized carbons (Fsp3) is 0.188. The number of nitrogens with two attached hydrogens (primary N) is 1. The molecule has 0 fully saturated rings. The van der Waals surface area contributed by atoms with Gasteiger partial charge in [0.05, 0.1) is 0 Å². The maximum Gasteiger partial charge on any atom is 0.230 e. The average molecular weight is 287 g/mol. The van der Waals surface area contributed by atoms with Crippen molar-refractivity contribution in [2.24, 2.45) is 5.73 Å². The molecular weight excluding hydrogens is 270 g/mol. The summed E-state index contributed by atoms with van der Waals surface area (Å²) in [4.78, 5) is 10.8. The van der Waals surface area contributed by atoms with Crippen LogP contribution in [0.1, 0.15) is 11.1 Å². The maximum atomic E-state index is 11.9. The molecule has 0 aliphatic heterocycles. The van der Waals surface area contributed by atoms with E-state index >= 15 is 0 Å². The molecule has 4 heteroatoms. The zero-order chi connectivity index (χ0) is 14.5. The first-order valence-electron chi connectivity index (χ1n) is 6.35. The Morgan fingerprint density at radius 2 is 1.65 bits per heavy atom. The summed E-state index contributed by atoms with van der Waals surface area (Å²) >= 11 is 0. The standard InChI is InChI=1S/C16H17NO2S/c1-12-6-2-4-8-14(12)15-9-5-3-7-13(15)10-20(19)11-16(17)18/h2-9H,10-11H2,1H3,(H2,17,18). The normalized spacial score (nSPS) is 12.1. The molecule has 2 N–H and O–H groups in total. The Morgan fingerprint density at radius 3 is 2.30 bits per heavy atom. The van der Waals surface area contributed by atoms with Crippen molar-refractivity contribution in [3.8, 4) is 11.1 Å². The molecule has 0 aromatic heterocycles. The summed E-state index contributed by atoms with van der Waals surface area (Å²) in [7, 11) is -1.27. The fourth-order valence-corrected chi connectivity index (χ4v) is 3.19. The molecule has 1 unspecified atom stereocenters. The number of aryl methyl sites for hydroxylation is 1. The lowest BCUT2D eigenvalue weighted by Gasteiger charge is -2.11. The molecule has 0 saturated heterocycles. The molecule has 0 aliphatic carbocycles. The van der Waals surface area contributed by atoms with Crippen LogP contribution in [0, 0.1) is 6.92 Å². The lowest BCUT2D eigenvalue weighted by molar-refractivity contribution is -0.115. The average Bonchev–Trinajstić information content (AvgIpc) is 2.39. The Kier molecular flexibility index (Phi) is 4.69. The van der Waals surface area contributed by atoms with E-state index in [0.717, 1.165) is 16.7 Å². The lowest BCUT2D eigenvalue weighted by atomic mass is 9.97. The molecule has 0 heterocycles. The van der Waals surface area contributed by atoms with Crippen LogP contribution < -0.4 is 5.73 Å². The van der Waals surface area contributed by atoms with Gasteiger partial charge in [-0.25, -0.2) is 0 Å². The van der Waals surface area contributed by atoms with Gasteiger partial charge in [0.15, 0.2) is 0 Å². The first-order chi connectivity index (χ1) is 9.58. The van der Waals surface area contributed by atoms with E-state index in [9.17, 15) is 9.00 Å². The third-order valence-electron chi connectivity index (χ3n) is 3.07. The summed E-state index contributed by atoms with van der Waals surface area (Å²) in [6, 6.07) is 15.9. The minimum absolute atomic E-state index is 0.0951. The first kappa shape index (κ1) is 14.5. The summed E-state index contributed by atoms with van der Waals surface area (Å²) in [5.41, 5.74) is 9.41. The molecule has 3 nitrogen and oxygen atoms in total. The second-order valence-electron chi connectivity index (χ2n) is 4.67. The molecule has 20 heavy (non-hydrogen) atoms. The van der Waals surface area contributed by atoms with Crippen LogP contribution in [0.15, 0.2) is 48.5 Å². The highest BCUT2D eigenvalue weighted by molar-refractivity contribution is 7.84. The number of primary amides is 1. The van der Waals surface area contributed by atoms with Gasteiger partial charge in [0.2, 0.25) is 5.91 Å². The van der Waals surface area contributed by atoms with Gasteiger partial charge in [-0.05, 0) is 29.2 Å². The van der Waals surface area contributed by atoms with Gasteiger partial charge in [-0.2, -0.15) is 0 Å². The summed E-state index contributed by atoms with van der Waals surface area (Å²) in [5.74, 6) is -0.285. The molecule has 0 aliphatic rings. The van der Waals surface area contributed by atoms with Crippen molar-refractivity contribution in [2.45, 2.75) is 12.7 Å². The summed E-state index contributed by atoms with van der Waals surface area (Å²) in [5, 5.41) is 0. The third kappa shape index (κ3) is 3.54. The van der Waals surface area contributed by atoms with Gasteiger partial charge in [-0.3, -0.25) is 9.00 Å². The number of benzene rings is 2. The van der Waals surface area contributed by atoms with Crippen LogP contribution in [0.2, 0.25) is 0 Å². The minimum atomic E-state index is -1.27. The van der Waals surface area contributed by atoms with Gasteiger partial charge in [-0.1, -0.05) is 48.5 Å². The number of carbonyl (C=O) groups excluding carboxylic acids is 1. The van der Waals surface area contributed by atoms with Gasteiger partial charge in [0, 0.05) is 16.6 Å². The Morgan fingerprint density at radius 1 is 1.05 bits per heavy atom. The SMILES string of the molecule is Cc1ccccc1-c1ccccc1CS(=O)CC(N)=O. The number of carbonyl (C=O) groups is 1. The Bertz CT molecular complexity index is 652. The Hall–Kier alpha value is -1.94. The van der Waals surface area contributed by atoms with E-state index < -0.39 is 16.7 Å². The van der Waals surface area contributed by atoms with E-state index in [1.165, 1.54) is 5.56 Å². The first-order valence-corrected chi connectivity index (χ1v) is 7.84. The van der Waals surface area contributed by atoms with Crippen molar-refractivity contribution in [1.29, 1.82) is 0 Å². The summed E-state index contributed by atoms with van der Waals surface area (Å²) in [6.45, 7) is 2.05. The summed E-state index contributed by atoms with van der Waals surface area (Å²) < 4.78 is 11.9. The van der Waals surface area contributed by atoms with Crippen LogP contribution in [0.4, 0.5) is 0 Å². The van der Waals surface area contributed by atoms with E-state index in [1.807, 2.05) is 55.5 Å². The van der Waals surface area contributed by atoms with Gasteiger partial charge < -0.3 is 5.73 Å². The van der Waals surface area contributed by atoms with E-state index in [4.69, 9.17) is 5.73 Å².